The first kappa shape index (κ1) is 47.5. The summed E-state index contributed by atoms with van der Waals surface area (Å²) in [6.07, 6.45) is -3.26. The Hall–Kier alpha value is -6.94. The van der Waals surface area contributed by atoms with Gasteiger partial charge in [0.1, 0.15) is 58.5 Å². The lowest BCUT2D eigenvalue weighted by Crippen LogP contribution is -2.81. The molecule has 0 aliphatic carbocycles. The van der Waals surface area contributed by atoms with Crippen LogP contribution in [0.2, 0.25) is 0 Å². The Bertz CT molecular complexity index is 2630. The van der Waals surface area contributed by atoms with E-state index in [1.165, 1.54) is 11.6 Å². The molecule has 0 atom stereocenters. The van der Waals surface area contributed by atoms with Crippen LogP contribution in [0.4, 0.5) is 92.2 Å². The van der Waals surface area contributed by atoms with Crippen molar-refractivity contribution in [1.82, 2.24) is 0 Å². The van der Waals surface area contributed by atoms with Crippen molar-refractivity contribution in [2.75, 3.05) is 0 Å². The Labute approximate surface area is 349 Å². The summed E-state index contributed by atoms with van der Waals surface area (Å²) in [5.74, 6) is -71.6. The molecule has 0 amide bonds. The van der Waals surface area contributed by atoms with Gasteiger partial charge in [0.05, 0.1) is 0 Å². The summed E-state index contributed by atoms with van der Waals surface area (Å²) in [4.78, 5) is 0. The monoisotopic (exact) mass is 943 g/mol. The van der Waals surface area contributed by atoms with Crippen molar-refractivity contribution < 1.29 is 96.8 Å². The SMILES string of the molecule is Fc1c(F)c(F)c([B-](c2c(F)c(F)c(F)c(F)c2F)(c2c(F)c(F)c(F)c(F)c2F)c2c(F)c(F)c(F)c(F)c2F)c(F)c1F.Fc1ccccc1-c1cc[n+](Cc2ccccc2)cc1. The van der Waals surface area contributed by atoms with Crippen LogP contribution in [0, 0.1) is 122 Å². The molecule has 0 aliphatic heterocycles. The highest BCUT2D eigenvalue weighted by molar-refractivity contribution is 7.20. The van der Waals surface area contributed by atoms with E-state index in [0.717, 1.165) is 12.1 Å². The number of aromatic nitrogens is 1. The molecule has 0 saturated heterocycles. The van der Waals surface area contributed by atoms with Gasteiger partial charge < -0.3 is 0 Å². The van der Waals surface area contributed by atoms with Gasteiger partial charge in [-0.25, -0.2) is 96.8 Å². The van der Waals surface area contributed by atoms with Crippen LogP contribution < -0.4 is 26.4 Å². The van der Waals surface area contributed by atoms with E-state index in [4.69, 9.17) is 0 Å². The molecule has 338 valence electrons. The molecule has 0 saturated carbocycles. The fourth-order valence-corrected chi connectivity index (χ4v) is 7.11. The second-order valence-electron chi connectivity index (χ2n) is 13.5. The Kier molecular flexibility index (Phi) is 13.1. The average Bonchev–Trinajstić information content (AvgIpc) is 3.30. The van der Waals surface area contributed by atoms with Crippen LogP contribution in [0.25, 0.3) is 11.1 Å². The van der Waals surface area contributed by atoms with Crippen LogP contribution in [-0.2, 0) is 6.54 Å². The number of benzene rings is 6. The van der Waals surface area contributed by atoms with Gasteiger partial charge in [-0.15, -0.1) is 21.9 Å². The van der Waals surface area contributed by atoms with Crippen LogP contribution in [0.1, 0.15) is 5.56 Å². The minimum Gasteiger partial charge on any atom is -0.207 e. The largest absolute Gasteiger partial charge is 0.207 e. The highest BCUT2D eigenvalue weighted by atomic mass is 19.2. The number of rotatable bonds is 7. The van der Waals surface area contributed by atoms with Gasteiger partial charge in [0.2, 0.25) is 0 Å². The molecule has 1 heterocycles. The maximum absolute atomic E-state index is 15.4. The van der Waals surface area contributed by atoms with Crippen LogP contribution in [0.3, 0.4) is 0 Å². The van der Waals surface area contributed by atoms with E-state index in [0.29, 0.717) is 5.56 Å². The number of nitrogens with zero attached hydrogens (tertiary/aromatic N) is 1. The summed E-state index contributed by atoms with van der Waals surface area (Å²) in [7, 11) is 0. The molecule has 0 bridgehead atoms. The third-order valence-corrected chi connectivity index (χ3v) is 9.99. The summed E-state index contributed by atoms with van der Waals surface area (Å²) in [6, 6.07) is 21.0. The molecule has 0 aliphatic rings. The van der Waals surface area contributed by atoms with E-state index >= 15 is 35.1 Å². The van der Waals surface area contributed by atoms with Crippen molar-refractivity contribution in [1.29, 1.82) is 0 Å². The van der Waals surface area contributed by atoms with E-state index in [2.05, 4.69) is 16.7 Å². The van der Waals surface area contributed by atoms with Crippen LogP contribution >= 0.6 is 0 Å². The highest BCUT2D eigenvalue weighted by Gasteiger charge is 2.52. The van der Waals surface area contributed by atoms with Crippen molar-refractivity contribution in [3.05, 3.63) is 207 Å². The van der Waals surface area contributed by atoms with Gasteiger partial charge in [-0.2, -0.15) is 0 Å². The standard InChI is InChI=1S/C24BF20.C18H15FN/c26-5-1(6(27)14(35)21(42)13(5)34)25(2-7(28)15(36)22(43)16(37)8(2)29,3-9(30)17(38)23(44)18(39)10(3)31)4-11(32)19(40)24(45)20(41)12(4)33;19-18-9-5-4-8-17(18)16-10-12-20(13-11-16)14-15-6-2-1-3-7-15/h;1-13H,14H2/q-1;+1. The molecule has 7 aromatic rings. The molecule has 0 fully saturated rings. The third kappa shape index (κ3) is 7.68. The summed E-state index contributed by atoms with van der Waals surface area (Å²) in [5, 5.41) is 0. The van der Waals surface area contributed by atoms with Crippen LogP contribution in [0.5, 0.6) is 0 Å². The molecule has 1 aromatic heterocycles. The summed E-state index contributed by atoms with van der Waals surface area (Å²) in [6.45, 7) is 0.818. The minimum atomic E-state index is -7.22. The quantitative estimate of drug-likeness (QED) is 0.0493. The van der Waals surface area contributed by atoms with E-state index < -0.39 is 144 Å². The zero-order valence-electron chi connectivity index (χ0n) is 31.2. The molecule has 65 heavy (non-hydrogen) atoms. The minimum absolute atomic E-state index is 0.187. The molecular weight excluding hydrogens is 928 g/mol. The van der Waals surface area contributed by atoms with Crippen molar-refractivity contribution in [2.45, 2.75) is 6.54 Å². The third-order valence-electron chi connectivity index (χ3n) is 9.99. The fraction of sp³-hybridized carbons (Fsp3) is 0.0238. The van der Waals surface area contributed by atoms with E-state index in [-0.39, 0.29) is 5.82 Å². The molecule has 23 heteroatoms. The first-order chi connectivity index (χ1) is 30.5. The van der Waals surface area contributed by atoms with Crippen molar-refractivity contribution in [2.24, 2.45) is 0 Å². The predicted octanol–water partition coefficient (Wildman–Crippen LogP) is 9.67. The Morgan fingerprint density at radius 2 is 0.554 bits per heavy atom. The summed E-state index contributed by atoms with van der Waals surface area (Å²) < 4.78 is 310. The Balaban J connectivity index is 0.000000289. The van der Waals surface area contributed by atoms with Crippen molar-refractivity contribution >= 4 is 28.0 Å². The van der Waals surface area contributed by atoms with E-state index in [9.17, 15) is 57.1 Å². The summed E-state index contributed by atoms with van der Waals surface area (Å²) in [5.41, 5.74) is -11.5. The smallest absolute Gasteiger partial charge is 0.200 e. The molecule has 1 nitrogen and oxygen atoms in total. The molecule has 7 rings (SSSR count). The van der Waals surface area contributed by atoms with Gasteiger partial charge in [0.25, 0.3) is 0 Å². The fourth-order valence-electron chi connectivity index (χ4n) is 7.11. The zero-order chi connectivity index (χ0) is 48.1. The number of hydrogen-bond donors (Lipinski definition) is 0. The van der Waals surface area contributed by atoms with E-state index in [1.54, 1.807) is 12.1 Å². The predicted molar refractivity (Wildman–Crippen MR) is 187 cm³/mol. The van der Waals surface area contributed by atoms with Gasteiger partial charge in [-0.3, -0.25) is 0 Å². The van der Waals surface area contributed by atoms with Crippen LogP contribution in [0.15, 0.2) is 79.1 Å². The van der Waals surface area contributed by atoms with Gasteiger partial charge >= 0.3 is 0 Å². The van der Waals surface area contributed by atoms with Gasteiger partial charge in [0, 0.05) is 23.3 Å². The second-order valence-corrected chi connectivity index (χ2v) is 13.5. The molecule has 6 aromatic carbocycles. The first-order valence-corrected chi connectivity index (χ1v) is 17.5. The second kappa shape index (κ2) is 17.9. The number of hydrogen-bond acceptors (Lipinski definition) is 0. The van der Waals surface area contributed by atoms with Crippen molar-refractivity contribution in [3.8, 4) is 11.1 Å². The molecule has 0 spiro atoms. The number of pyridine rings is 1. The van der Waals surface area contributed by atoms with Gasteiger partial charge in [-0.05, 0) is 11.6 Å². The Morgan fingerprint density at radius 1 is 0.292 bits per heavy atom. The zero-order valence-corrected chi connectivity index (χ0v) is 31.2. The Morgan fingerprint density at radius 3 is 0.846 bits per heavy atom. The summed E-state index contributed by atoms with van der Waals surface area (Å²) >= 11 is 0. The first-order valence-electron chi connectivity index (χ1n) is 17.5. The number of halogens is 21. The highest BCUT2D eigenvalue weighted by Crippen LogP contribution is 2.31. The maximum atomic E-state index is 15.4. The lowest BCUT2D eigenvalue weighted by atomic mass is 9.12. The van der Waals surface area contributed by atoms with E-state index in [1.807, 2.05) is 48.8 Å². The molecule has 0 unspecified atom stereocenters. The van der Waals surface area contributed by atoms with Crippen LogP contribution in [-0.4, -0.2) is 6.15 Å². The normalized spacial score (nSPS) is 11.5. The molecular formula is C42H15BF21N. The molecule has 0 radical (unpaired) electrons. The van der Waals surface area contributed by atoms with Gasteiger partial charge in [-0.1, -0.05) is 48.5 Å². The lowest BCUT2D eigenvalue weighted by Gasteiger charge is -2.44. The average molecular weight is 943 g/mol. The topological polar surface area (TPSA) is 3.88 Å². The van der Waals surface area contributed by atoms with Crippen molar-refractivity contribution in [3.63, 3.8) is 0 Å². The lowest BCUT2D eigenvalue weighted by molar-refractivity contribution is -0.688. The van der Waals surface area contributed by atoms with Gasteiger partial charge in [0.15, 0.2) is 88.7 Å². The molecule has 0 N–H and O–H groups in total. The maximum Gasteiger partial charge on any atom is 0.200 e.